The maximum absolute atomic E-state index is 12.6. The molecule has 0 radical (unpaired) electrons. The lowest BCUT2D eigenvalue weighted by Gasteiger charge is -2.38. The van der Waals surface area contributed by atoms with Gasteiger partial charge < -0.3 is 19.8 Å². The first-order valence-electron chi connectivity index (χ1n) is 9.93. The summed E-state index contributed by atoms with van der Waals surface area (Å²) in [6.07, 6.45) is 2.07. The van der Waals surface area contributed by atoms with E-state index in [9.17, 15) is 14.7 Å². The van der Waals surface area contributed by atoms with E-state index in [-0.39, 0.29) is 23.5 Å². The van der Waals surface area contributed by atoms with Crippen molar-refractivity contribution in [3.05, 3.63) is 24.3 Å². The number of piperazine rings is 2. The monoisotopic (exact) mass is 372 g/mol. The van der Waals surface area contributed by atoms with Crippen LogP contribution in [0.15, 0.2) is 24.3 Å². The first kappa shape index (κ1) is 18.1. The number of amides is 2. The molecule has 1 aromatic rings. The van der Waals surface area contributed by atoms with Gasteiger partial charge in [-0.15, -0.1) is 0 Å². The van der Waals surface area contributed by atoms with Crippen molar-refractivity contribution < 1.29 is 14.7 Å². The van der Waals surface area contributed by atoms with Crippen LogP contribution >= 0.6 is 0 Å². The van der Waals surface area contributed by atoms with Crippen molar-refractivity contribution in [1.82, 2.24) is 14.7 Å². The molecule has 2 aliphatic heterocycles. The number of hydrogen-bond acceptors (Lipinski definition) is 5. The fraction of sp³-hybridized carbons (Fsp3) is 0.600. The first-order valence-corrected chi connectivity index (χ1v) is 9.93. The smallest absolute Gasteiger partial charge is 0.236 e. The number of carbonyl (C=O) groups is 2. The van der Waals surface area contributed by atoms with E-state index < -0.39 is 0 Å². The van der Waals surface area contributed by atoms with Crippen LogP contribution in [0.3, 0.4) is 0 Å². The molecule has 0 spiro atoms. The molecule has 3 aliphatic rings. The van der Waals surface area contributed by atoms with Crippen LogP contribution in [0.4, 0.5) is 5.69 Å². The Bertz CT molecular complexity index is 673. The lowest BCUT2D eigenvalue weighted by atomic mass is 10.2. The van der Waals surface area contributed by atoms with Gasteiger partial charge in [0.25, 0.3) is 0 Å². The summed E-state index contributed by atoms with van der Waals surface area (Å²) in [5.74, 6) is 0.998. The van der Waals surface area contributed by atoms with Gasteiger partial charge in [0.15, 0.2) is 0 Å². The summed E-state index contributed by atoms with van der Waals surface area (Å²) in [4.78, 5) is 33.1. The first-order chi connectivity index (χ1) is 13.1. The number of nitrogens with zero attached hydrogens (tertiary/aromatic N) is 4. The molecule has 0 unspecified atom stereocenters. The summed E-state index contributed by atoms with van der Waals surface area (Å²) in [6.45, 7) is 6.59. The van der Waals surface area contributed by atoms with E-state index in [1.54, 1.807) is 12.1 Å². The Hall–Kier alpha value is -2.28. The zero-order chi connectivity index (χ0) is 18.8. The number of aromatic hydroxyl groups is 1. The second-order valence-corrected chi connectivity index (χ2v) is 7.76. The van der Waals surface area contributed by atoms with Crippen LogP contribution in [-0.4, -0.2) is 90.5 Å². The van der Waals surface area contributed by atoms with Gasteiger partial charge in [0, 0.05) is 64.0 Å². The highest BCUT2D eigenvalue weighted by Crippen LogP contribution is 2.31. The van der Waals surface area contributed by atoms with Gasteiger partial charge in [-0.25, -0.2) is 0 Å². The molecule has 7 nitrogen and oxygen atoms in total. The number of benzene rings is 1. The van der Waals surface area contributed by atoms with Crippen molar-refractivity contribution in [2.45, 2.75) is 12.8 Å². The van der Waals surface area contributed by atoms with Crippen LogP contribution in [0, 0.1) is 5.92 Å². The molecular formula is C20H28N4O3. The molecule has 4 rings (SSSR count). The summed E-state index contributed by atoms with van der Waals surface area (Å²) in [7, 11) is 0. The van der Waals surface area contributed by atoms with Crippen molar-refractivity contribution in [3.63, 3.8) is 0 Å². The Kier molecular flexibility index (Phi) is 5.20. The van der Waals surface area contributed by atoms with E-state index in [1.165, 1.54) is 0 Å². The fourth-order valence-corrected chi connectivity index (χ4v) is 3.88. The van der Waals surface area contributed by atoms with Crippen LogP contribution in [0.1, 0.15) is 12.8 Å². The summed E-state index contributed by atoms with van der Waals surface area (Å²) >= 11 is 0. The Labute approximate surface area is 160 Å². The number of anilines is 1. The van der Waals surface area contributed by atoms with Crippen molar-refractivity contribution in [2.75, 3.05) is 63.8 Å². The average molecular weight is 372 g/mol. The van der Waals surface area contributed by atoms with E-state index >= 15 is 0 Å². The highest BCUT2D eigenvalue weighted by atomic mass is 16.3. The molecule has 1 saturated carbocycles. The molecule has 2 saturated heterocycles. The SMILES string of the molecule is O=C(CN1CCN(c2ccc(O)cc2)CC1)N1CCN(C(=O)C2CC2)CC1. The Balaban J connectivity index is 1.20. The number of rotatable bonds is 4. The molecule has 27 heavy (non-hydrogen) atoms. The average Bonchev–Trinajstić information content (AvgIpc) is 3.54. The minimum atomic E-state index is 0.173. The predicted molar refractivity (Wildman–Crippen MR) is 103 cm³/mol. The van der Waals surface area contributed by atoms with E-state index in [2.05, 4.69) is 9.80 Å². The standard InChI is InChI=1S/C20H28N4O3/c25-18-5-3-17(4-6-18)22-9-7-21(8-10-22)15-19(26)23-11-13-24(14-12-23)20(27)16-1-2-16/h3-6,16,25H,1-2,7-15H2. The summed E-state index contributed by atoms with van der Waals surface area (Å²) in [6, 6.07) is 7.27. The van der Waals surface area contributed by atoms with E-state index in [0.717, 1.165) is 44.7 Å². The van der Waals surface area contributed by atoms with Gasteiger partial charge in [0.2, 0.25) is 11.8 Å². The lowest BCUT2D eigenvalue weighted by molar-refractivity contribution is -0.140. The zero-order valence-electron chi connectivity index (χ0n) is 15.7. The number of carbonyl (C=O) groups excluding carboxylic acids is 2. The summed E-state index contributed by atoms with van der Waals surface area (Å²) in [5, 5.41) is 9.41. The normalized spacial score (nSPS) is 21.4. The van der Waals surface area contributed by atoms with Gasteiger partial charge in [-0.05, 0) is 37.1 Å². The van der Waals surface area contributed by atoms with E-state index in [4.69, 9.17) is 0 Å². The quantitative estimate of drug-likeness (QED) is 0.838. The minimum absolute atomic E-state index is 0.173. The zero-order valence-corrected chi connectivity index (χ0v) is 15.7. The van der Waals surface area contributed by atoms with Crippen molar-refractivity contribution in [1.29, 1.82) is 0 Å². The molecule has 0 aromatic heterocycles. The molecule has 1 aromatic carbocycles. The molecule has 1 N–H and O–H groups in total. The third-order valence-corrected chi connectivity index (χ3v) is 5.82. The third-order valence-electron chi connectivity index (χ3n) is 5.82. The molecule has 2 heterocycles. The maximum Gasteiger partial charge on any atom is 0.236 e. The Morgan fingerprint density at radius 2 is 1.44 bits per heavy atom. The predicted octanol–water partition coefficient (Wildman–Crippen LogP) is 0.595. The fourth-order valence-electron chi connectivity index (χ4n) is 3.88. The molecule has 2 amide bonds. The van der Waals surface area contributed by atoms with Crippen LogP contribution < -0.4 is 4.90 Å². The second kappa shape index (κ2) is 7.76. The van der Waals surface area contributed by atoms with Gasteiger partial charge in [0.05, 0.1) is 6.54 Å². The largest absolute Gasteiger partial charge is 0.508 e. The van der Waals surface area contributed by atoms with E-state index in [0.29, 0.717) is 32.7 Å². The van der Waals surface area contributed by atoms with Gasteiger partial charge in [-0.2, -0.15) is 0 Å². The van der Waals surface area contributed by atoms with Crippen LogP contribution in [-0.2, 0) is 9.59 Å². The van der Waals surface area contributed by atoms with E-state index in [1.807, 2.05) is 21.9 Å². The molecule has 146 valence electrons. The van der Waals surface area contributed by atoms with Crippen LogP contribution in [0.5, 0.6) is 5.75 Å². The third kappa shape index (κ3) is 4.35. The molecular weight excluding hydrogens is 344 g/mol. The van der Waals surface area contributed by atoms with Gasteiger partial charge >= 0.3 is 0 Å². The maximum atomic E-state index is 12.6. The van der Waals surface area contributed by atoms with Gasteiger partial charge in [-0.1, -0.05) is 0 Å². The second-order valence-electron chi connectivity index (χ2n) is 7.76. The van der Waals surface area contributed by atoms with Crippen molar-refractivity contribution in [3.8, 4) is 5.75 Å². The summed E-state index contributed by atoms with van der Waals surface area (Å²) in [5.41, 5.74) is 1.11. The topological polar surface area (TPSA) is 67.3 Å². The minimum Gasteiger partial charge on any atom is -0.508 e. The highest BCUT2D eigenvalue weighted by molar-refractivity contribution is 5.82. The number of hydrogen-bond donors (Lipinski definition) is 1. The molecule has 0 atom stereocenters. The molecule has 7 heteroatoms. The summed E-state index contributed by atoms with van der Waals surface area (Å²) < 4.78 is 0. The number of phenols is 1. The molecule has 0 bridgehead atoms. The highest BCUT2D eigenvalue weighted by Gasteiger charge is 2.35. The molecule has 3 fully saturated rings. The van der Waals surface area contributed by atoms with Gasteiger partial charge in [-0.3, -0.25) is 14.5 Å². The van der Waals surface area contributed by atoms with Crippen molar-refractivity contribution >= 4 is 17.5 Å². The molecule has 1 aliphatic carbocycles. The van der Waals surface area contributed by atoms with Crippen molar-refractivity contribution in [2.24, 2.45) is 5.92 Å². The lowest BCUT2D eigenvalue weighted by Crippen LogP contribution is -2.54. The van der Waals surface area contributed by atoms with Crippen LogP contribution in [0.2, 0.25) is 0 Å². The van der Waals surface area contributed by atoms with Crippen LogP contribution in [0.25, 0.3) is 0 Å². The Morgan fingerprint density at radius 1 is 0.852 bits per heavy atom. The van der Waals surface area contributed by atoms with Gasteiger partial charge in [0.1, 0.15) is 5.75 Å². The number of phenolic OH excluding ortho intramolecular Hbond substituents is 1. The Morgan fingerprint density at radius 3 is 2.04 bits per heavy atom.